The van der Waals surface area contributed by atoms with E-state index in [1.165, 1.54) is 71.6 Å². The van der Waals surface area contributed by atoms with Crippen LogP contribution in [0.4, 0.5) is 0 Å². The number of rotatable bonds is 35. The minimum absolute atomic E-state index is 0.126. The minimum atomic E-state index is -1.29. The van der Waals surface area contributed by atoms with Crippen LogP contribution in [0.2, 0.25) is 0 Å². The van der Waals surface area contributed by atoms with Crippen molar-refractivity contribution >= 4 is 41.0 Å². The molecule has 60 heavy (non-hydrogen) atoms. The van der Waals surface area contributed by atoms with Gasteiger partial charge in [-0.25, -0.2) is 0 Å². The number of ketones is 3. The number of carbonyl (C=O) groups excluding carboxylic acids is 6. The lowest BCUT2D eigenvalue weighted by Crippen LogP contribution is -2.57. The van der Waals surface area contributed by atoms with Crippen LogP contribution in [0, 0.1) is 17.8 Å². The average Bonchev–Trinajstić information content (AvgIpc) is 3.20. The monoisotopic (exact) mass is 843 g/mol. The first-order valence-electron chi connectivity index (χ1n) is 22.4. The lowest BCUT2D eigenvalue weighted by molar-refractivity contribution is -0.136. The molecule has 0 heterocycles. The molecule has 9 N–H and O–H groups in total. The number of aliphatic imine (C=N–C) groups is 1. The summed E-state index contributed by atoms with van der Waals surface area (Å²) in [6, 6.07) is 5.67. The highest BCUT2D eigenvalue weighted by atomic mass is 16.3. The van der Waals surface area contributed by atoms with Crippen molar-refractivity contribution in [1.29, 1.82) is 0 Å². The molecule has 0 aliphatic heterocycles. The van der Waals surface area contributed by atoms with E-state index in [0.717, 1.165) is 24.8 Å². The van der Waals surface area contributed by atoms with Crippen LogP contribution in [-0.2, 0) is 35.2 Å². The highest BCUT2D eigenvalue weighted by Crippen LogP contribution is 2.19. The summed E-state index contributed by atoms with van der Waals surface area (Å²) in [4.78, 5) is 83.9. The Morgan fingerprint density at radius 1 is 0.683 bits per heavy atom. The topological polar surface area (TPSA) is 243 Å². The summed E-state index contributed by atoms with van der Waals surface area (Å²) in [5, 5.41) is 28.4. The number of hydrogen-bond acceptors (Lipinski definition) is 9. The van der Waals surface area contributed by atoms with Gasteiger partial charge in [0.2, 0.25) is 17.7 Å². The van der Waals surface area contributed by atoms with Crippen LogP contribution >= 0.6 is 0 Å². The molecule has 0 saturated carbocycles. The number of hydrogen-bond donors (Lipinski definition) is 7. The van der Waals surface area contributed by atoms with Crippen LogP contribution in [0.25, 0.3) is 0 Å². The van der Waals surface area contributed by atoms with Gasteiger partial charge in [-0.15, -0.1) is 0 Å². The summed E-state index contributed by atoms with van der Waals surface area (Å²) in [6.45, 7) is 8.07. The number of nitrogens with two attached hydrogens (primary N) is 2. The van der Waals surface area contributed by atoms with Crippen molar-refractivity contribution in [3.8, 4) is 0 Å². The smallest absolute Gasteiger partial charge is 0.245 e. The van der Waals surface area contributed by atoms with Gasteiger partial charge < -0.3 is 37.6 Å². The van der Waals surface area contributed by atoms with E-state index < -0.39 is 72.0 Å². The maximum absolute atomic E-state index is 14.0. The molecule has 14 heteroatoms. The van der Waals surface area contributed by atoms with Gasteiger partial charge in [-0.2, -0.15) is 0 Å². The highest BCUT2D eigenvalue weighted by molar-refractivity contribution is 5.96. The van der Waals surface area contributed by atoms with Crippen molar-refractivity contribution in [2.45, 2.75) is 181 Å². The maximum Gasteiger partial charge on any atom is 0.245 e. The molecule has 0 radical (unpaired) electrons. The van der Waals surface area contributed by atoms with E-state index in [2.05, 4.69) is 27.9 Å². The van der Waals surface area contributed by atoms with E-state index in [1.54, 1.807) is 26.0 Å². The van der Waals surface area contributed by atoms with Gasteiger partial charge in [0.15, 0.2) is 17.5 Å². The van der Waals surface area contributed by atoms with E-state index in [0.29, 0.717) is 12.8 Å². The number of unbranched alkanes of at least 4 members (excludes halogenated alkanes) is 12. The summed E-state index contributed by atoms with van der Waals surface area (Å²) in [5.74, 6) is -5.34. The molecule has 0 spiro atoms. The fraction of sp³-hybridized carbons (Fsp3) is 0.717. The SMILES string of the molecule is CCCCCCCCCCCCCCCC(=O)N[C@H](C(=O)N[C@H](C(=O)C[C@@H](Cc1ccccc1)C(=O)N[C@H](CCCN=C(N)N)C(=O)C[C@@H](CO)C(C)=O)C(C)C)[C@@H](C)O. The third-order valence-corrected chi connectivity index (χ3v) is 10.9. The van der Waals surface area contributed by atoms with Gasteiger partial charge >= 0.3 is 0 Å². The quantitative estimate of drug-likeness (QED) is 0.0274. The van der Waals surface area contributed by atoms with Crippen molar-refractivity contribution in [2.75, 3.05) is 13.2 Å². The predicted molar refractivity (Wildman–Crippen MR) is 237 cm³/mol. The van der Waals surface area contributed by atoms with Crippen LogP contribution in [0.3, 0.4) is 0 Å². The molecule has 340 valence electrons. The Morgan fingerprint density at radius 3 is 1.73 bits per heavy atom. The molecule has 0 aromatic heterocycles. The van der Waals surface area contributed by atoms with Gasteiger partial charge in [-0.3, -0.25) is 33.8 Å². The van der Waals surface area contributed by atoms with Crippen molar-refractivity contribution in [3.05, 3.63) is 35.9 Å². The molecule has 1 aromatic rings. The lowest BCUT2D eigenvalue weighted by Gasteiger charge is -2.28. The van der Waals surface area contributed by atoms with Crippen molar-refractivity contribution < 1.29 is 39.0 Å². The van der Waals surface area contributed by atoms with Gasteiger partial charge in [0.1, 0.15) is 11.8 Å². The van der Waals surface area contributed by atoms with Gasteiger partial charge in [0.25, 0.3) is 0 Å². The first-order chi connectivity index (χ1) is 28.6. The Balaban J connectivity index is 2.97. The van der Waals surface area contributed by atoms with Gasteiger partial charge in [-0.1, -0.05) is 128 Å². The molecule has 0 fully saturated rings. The summed E-state index contributed by atoms with van der Waals surface area (Å²) in [6.07, 6.45) is 14.3. The van der Waals surface area contributed by atoms with Crippen LogP contribution in [-0.4, -0.2) is 88.6 Å². The molecular weight excluding hydrogens is 765 g/mol. The summed E-state index contributed by atoms with van der Waals surface area (Å²) >= 11 is 0. The normalized spacial score (nSPS) is 14.3. The molecule has 14 nitrogen and oxygen atoms in total. The molecule has 1 rings (SSSR count). The number of carbonyl (C=O) groups is 6. The minimum Gasteiger partial charge on any atom is -0.396 e. The van der Waals surface area contributed by atoms with E-state index in [-0.39, 0.29) is 56.3 Å². The number of nitrogens with zero attached hydrogens (tertiary/aromatic N) is 1. The molecule has 0 saturated heterocycles. The average molecular weight is 843 g/mol. The molecule has 1 aromatic carbocycles. The van der Waals surface area contributed by atoms with Crippen molar-refractivity contribution in [2.24, 2.45) is 34.2 Å². The fourth-order valence-electron chi connectivity index (χ4n) is 7.17. The zero-order chi connectivity index (χ0) is 44.9. The van der Waals surface area contributed by atoms with E-state index >= 15 is 0 Å². The second-order valence-electron chi connectivity index (χ2n) is 16.7. The number of Topliss-reactive ketones (excluding diaryl/α,β-unsaturated/α-hetero) is 3. The second-order valence-corrected chi connectivity index (χ2v) is 16.7. The van der Waals surface area contributed by atoms with E-state index in [4.69, 9.17) is 11.5 Å². The molecule has 0 bridgehead atoms. The number of nitrogens with one attached hydrogen (secondary N) is 3. The lowest BCUT2D eigenvalue weighted by atomic mass is 9.87. The zero-order valence-electron chi connectivity index (χ0n) is 37.2. The largest absolute Gasteiger partial charge is 0.396 e. The molecule has 6 atom stereocenters. The van der Waals surface area contributed by atoms with Gasteiger partial charge in [0, 0.05) is 37.6 Å². The van der Waals surface area contributed by atoms with Crippen LogP contribution in [0.5, 0.6) is 0 Å². The first kappa shape index (κ1) is 53.8. The number of benzene rings is 1. The number of guanidine groups is 1. The first-order valence-corrected chi connectivity index (χ1v) is 22.4. The Hall–Kier alpha value is -4.17. The van der Waals surface area contributed by atoms with Crippen LogP contribution < -0.4 is 27.4 Å². The molecule has 0 aliphatic carbocycles. The van der Waals surface area contributed by atoms with Crippen LogP contribution in [0.15, 0.2) is 35.3 Å². The van der Waals surface area contributed by atoms with E-state index in [1.807, 2.05) is 18.2 Å². The molecule has 0 unspecified atom stereocenters. The maximum atomic E-state index is 14.0. The highest BCUT2D eigenvalue weighted by Gasteiger charge is 2.34. The molecular formula is C46H78N6O8. The number of amides is 3. The number of aliphatic hydroxyl groups is 2. The van der Waals surface area contributed by atoms with Gasteiger partial charge in [0.05, 0.1) is 24.8 Å². The molecule has 3 amide bonds. The summed E-state index contributed by atoms with van der Waals surface area (Å²) in [5.41, 5.74) is 11.7. The third-order valence-electron chi connectivity index (χ3n) is 10.9. The number of aliphatic hydroxyl groups excluding tert-OH is 2. The summed E-state index contributed by atoms with van der Waals surface area (Å²) in [7, 11) is 0. The predicted octanol–water partition coefficient (Wildman–Crippen LogP) is 4.99. The standard InChI is InChI=1S/C46H78N6O8/c1-6-7-8-9-10-11-12-13-14-15-16-17-21-26-41(58)51-43(34(5)55)45(60)52-42(32(2)3)40(57)29-36(28-35-23-19-18-20-24-35)44(59)50-38(25-22-27-49-46(47)48)39(56)30-37(31-53)33(4)54/h18-20,23-24,32,34,36-38,42-43,53,55H,6-17,21-22,25-31H2,1-5H3,(H,50,59)(H,51,58)(H,52,60)(H4,47,48,49)/t34-,36-,37+,38-,42+,43+/m1/s1. The Bertz CT molecular complexity index is 1450. The Kier molecular flexibility index (Phi) is 28.4. The van der Waals surface area contributed by atoms with Crippen molar-refractivity contribution in [3.63, 3.8) is 0 Å². The van der Waals surface area contributed by atoms with Crippen LogP contribution in [0.1, 0.15) is 156 Å². The summed E-state index contributed by atoms with van der Waals surface area (Å²) < 4.78 is 0. The Labute approximate surface area is 359 Å². The fourth-order valence-corrected chi connectivity index (χ4v) is 7.17. The van der Waals surface area contributed by atoms with Crippen molar-refractivity contribution in [1.82, 2.24) is 16.0 Å². The zero-order valence-corrected chi connectivity index (χ0v) is 37.2. The third kappa shape index (κ3) is 23.6. The second kappa shape index (κ2) is 31.7. The Morgan fingerprint density at radius 2 is 1.23 bits per heavy atom. The van der Waals surface area contributed by atoms with E-state index in [9.17, 15) is 39.0 Å². The molecule has 0 aliphatic rings. The van der Waals surface area contributed by atoms with Gasteiger partial charge in [-0.05, 0) is 51.0 Å².